The zero-order chi connectivity index (χ0) is 12.3. The fourth-order valence-electron chi connectivity index (χ4n) is 2.41. The van der Waals surface area contributed by atoms with Gasteiger partial charge in [0.15, 0.2) is 0 Å². The molecule has 0 saturated heterocycles. The van der Waals surface area contributed by atoms with Gasteiger partial charge in [-0.15, -0.1) is 0 Å². The minimum absolute atomic E-state index is 0.472. The smallest absolute Gasteiger partial charge is 0.132 e. The van der Waals surface area contributed by atoms with Crippen LogP contribution in [0, 0.1) is 5.92 Å². The summed E-state index contributed by atoms with van der Waals surface area (Å²) in [5.74, 6) is 1.05. The Kier molecular flexibility index (Phi) is 8.04. The molecule has 0 saturated carbocycles. The highest BCUT2D eigenvalue weighted by Gasteiger charge is 2.05. The number of allylic oxidation sites excluding steroid dienone is 2. The van der Waals surface area contributed by atoms with Crippen LogP contribution in [-0.2, 0) is 4.79 Å². The van der Waals surface area contributed by atoms with E-state index in [1.54, 1.807) is 0 Å². The molecule has 0 bridgehead atoms. The Hall–Kier alpha value is -0.590. The normalized spacial score (nSPS) is 28.1. The van der Waals surface area contributed by atoms with Crippen molar-refractivity contribution in [1.82, 2.24) is 0 Å². The predicted octanol–water partition coefficient (Wildman–Crippen LogP) is 5.05. The highest BCUT2D eigenvalue weighted by atomic mass is 16.1. The summed E-state index contributed by atoms with van der Waals surface area (Å²) in [6, 6.07) is 0. The summed E-state index contributed by atoms with van der Waals surface area (Å²) in [4.78, 5) is 11.6. The fourth-order valence-corrected chi connectivity index (χ4v) is 2.41. The summed E-state index contributed by atoms with van der Waals surface area (Å²) in [5, 5.41) is 0. The molecule has 1 aliphatic carbocycles. The Labute approximate surface area is 107 Å². The van der Waals surface area contributed by atoms with Crippen LogP contribution in [0.4, 0.5) is 0 Å². The van der Waals surface area contributed by atoms with E-state index < -0.39 is 0 Å². The molecular weight excluding hydrogens is 208 g/mol. The second kappa shape index (κ2) is 9.44. The molecule has 0 spiro atoms. The Morgan fingerprint density at radius 1 is 0.941 bits per heavy atom. The summed E-state index contributed by atoms with van der Waals surface area (Å²) >= 11 is 0. The Morgan fingerprint density at radius 2 is 1.59 bits per heavy atom. The number of carbonyl (C=O) groups is 1. The lowest BCUT2D eigenvalue weighted by atomic mass is 10.00. The molecule has 1 unspecified atom stereocenters. The van der Waals surface area contributed by atoms with Gasteiger partial charge in [-0.05, 0) is 31.6 Å². The molecule has 1 rings (SSSR count). The van der Waals surface area contributed by atoms with Gasteiger partial charge in [0.25, 0.3) is 0 Å². The third-order valence-electron chi connectivity index (χ3n) is 3.67. The monoisotopic (exact) mass is 236 g/mol. The largest absolute Gasteiger partial charge is 0.300 e. The second-order valence-corrected chi connectivity index (χ2v) is 5.50. The van der Waals surface area contributed by atoms with Gasteiger partial charge in [-0.3, -0.25) is 4.79 Å². The lowest BCUT2D eigenvalue weighted by Crippen LogP contribution is -2.01. The van der Waals surface area contributed by atoms with Gasteiger partial charge in [0.05, 0.1) is 0 Å². The number of hydrogen-bond acceptors (Lipinski definition) is 1. The predicted molar refractivity (Wildman–Crippen MR) is 74.1 cm³/mol. The van der Waals surface area contributed by atoms with E-state index >= 15 is 0 Å². The van der Waals surface area contributed by atoms with Crippen molar-refractivity contribution in [2.45, 2.75) is 77.6 Å². The van der Waals surface area contributed by atoms with E-state index in [1.807, 2.05) is 0 Å². The molecular formula is C16H28O. The van der Waals surface area contributed by atoms with Gasteiger partial charge in [-0.2, -0.15) is 0 Å². The van der Waals surface area contributed by atoms with E-state index in [1.165, 1.54) is 44.9 Å². The van der Waals surface area contributed by atoms with Crippen molar-refractivity contribution < 1.29 is 4.79 Å². The lowest BCUT2D eigenvalue weighted by Gasteiger charge is -2.05. The van der Waals surface area contributed by atoms with Gasteiger partial charge in [0.2, 0.25) is 0 Å². The van der Waals surface area contributed by atoms with Crippen LogP contribution < -0.4 is 0 Å². The lowest BCUT2D eigenvalue weighted by molar-refractivity contribution is -0.119. The zero-order valence-electron chi connectivity index (χ0n) is 11.4. The summed E-state index contributed by atoms with van der Waals surface area (Å²) < 4.78 is 0. The molecule has 0 aromatic heterocycles. The van der Waals surface area contributed by atoms with Crippen LogP contribution in [0.3, 0.4) is 0 Å². The van der Waals surface area contributed by atoms with Crippen molar-refractivity contribution in [3.8, 4) is 0 Å². The highest BCUT2D eigenvalue weighted by Crippen LogP contribution is 2.14. The van der Waals surface area contributed by atoms with Crippen LogP contribution in [0.5, 0.6) is 0 Å². The van der Waals surface area contributed by atoms with Gasteiger partial charge < -0.3 is 0 Å². The molecule has 0 fully saturated rings. The maximum atomic E-state index is 11.6. The first-order chi connectivity index (χ1) is 8.29. The first-order valence-corrected chi connectivity index (χ1v) is 7.47. The Balaban J connectivity index is 2.31. The van der Waals surface area contributed by atoms with Gasteiger partial charge >= 0.3 is 0 Å². The first kappa shape index (κ1) is 14.5. The van der Waals surface area contributed by atoms with Gasteiger partial charge in [0.1, 0.15) is 5.78 Å². The average molecular weight is 236 g/mol. The van der Waals surface area contributed by atoms with Crippen LogP contribution in [0.15, 0.2) is 12.2 Å². The Morgan fingerprint density at radius 3 is 2.35 bits per heavy atom. The van der Waals surface area contributed by atoms with Crippen LogP contribution in [0.25, 0.3) is 0 Å². The highest BCUT2D eigenvalue weighted by molar-refractivity contribution is 5.78. The van der Waals surface area contributed by atoms with Crippen LogP contribution in [0.2, 0.25) is 0 Å². The second-order valence-electron chi connectivity index (χ2n) is 5.50. The summed E-state index contributed by atoms with van der Waals surface area (Å²) in [6.07, 6.45) is 17.6. The maximum absolute atomic E-state index is 11.6. The number of Topliss-reactive ketones (excluding diaryl/α,β-unsaturated/α-hetero) is 1. The molecule has 98 valence electrons. The van der Waals surface area contributed by atoms with E-state index in [0.29, 0.717) is 11.7 Å². The third-order valence-corrected chi connectivity index (χ3v) is 3.67. The molecule has 1 heteroatoms. The number of carbonyl (C=O) groups excluding carboxylic acids is 1. The van der Waals surface area contributed by atoms with Crippen molar-refractivity contribution in [1.29, 1.82) is 0 Å². The number of hydrogen-bond donors (Lipinski definition) is 0. The molecule has 17 heavy (non-hydrogen) atoms. The Bertz CT molecular complexity index is 230. The van der Waals surface area contributed by atoms with Crippen molar-refractivity contribution in [2.75, 3.05) is 0 Å². The molecule has 0 N–H and O–H groups in total. The van der Waals surface area contributed by atoms with Gasteiger partial charge in [-0.25, -0.2) is 0 Å². The SMILES string of the molecule is CC1/C=C\CCCCCCCCCC(=O)CC1. The van der Waals surface area contributed by atoms with Crippen molar-refractivity contribution in [2.24, 2.45) is 5.92 Å². The van der Waals surface area contributed by atoms with Crippen LogP contribution in [-0.4, -0.2) is 5.78 Å². The molecule has 0 aliphatic heterocycles. The molecule has 0 aromatic rings. The summed E-state index contributed by atoms with van der Waals surface area (Å²) in [5.41, 5.74) is 0. The van der Waals surface area contributed by atoms with Crippen molar-refractivity contribution >= 4 is 5.78 Å². The number of ketones is 1. The van der Waals surface area contributed by atoms with Crippen LogP contribution in [0.1, 0.15) is 77.6 Å². The van der Waals surface area contributed by atoms with Crippen LogP contribution >= 0.6 is 0 Å². The first-order valence-electron chi connectivity index (χ1n) is 7.47. The van der Waals surface area contributed by atoms with Gasteiger partial charge in [-0.1, -0.05) is 51.2 Å². The van der Waals surface area contributed by atoms with E-state index in [4.69, 9.17) is 0 Å². The van der Waals surface area contributed by atoms with E-state index in [2.05, 4.69) is 19.1 Å². The summed E-state index contributed by atoms with van der Waals surface area (Å²) in [7, 11) is 0. The maximum Gasteiger partial charge on any atom is 0.132 e. The minimum atomic E-state index is 0.472. The molecule has 1 atom stereocenters. The topological polar surface area (TPSA) is 17.1 Å². The molecule has 0 aromatic carbocycles. The summed E-state index contributed by atoms with van der Waals surface area (Å²) in [6.45, 7) is 2.22. The third kappa shape index (κ3) is 8.18. The van der Waals surface area contributed by atoms with Gasteiger partial charge in [0, 0.05) is 12.8 Å². The molecule has 0 radical (unpaired) electrons. The van der Waals surface area contributed by atoms with Crippen molar-refractivity contribution in [3.05, 3.63) is 12.2 Å². The standard InChI is InChI=1S/C16H28O/c1-15-11-9-7-5-3-2-4-6-8-10-12-16(17)14-13-15/h9,11,15H,2-8,10,12-14H2,1H3/b11-9-. The average Bonchev–Trinajstić information content (AvgIpc) is 2.33. The molecule has 0 amide bonds. The fraction of sp³-hybridized carbons (Fsp3) is 0.812. The molecule has 1 aliphatic rings. The van der Waals surface area contributed by atoms with E-state index in [0.717, 1.165) is 25.7 Å². The quantitative estimate of drug-likeness (QED) is 0.538. The molecule has 0 heterocycles. The van der Waals surface area contributed by atoms with Crippen molar-refractivity contribution in [3.63, 3.8) is 0 Å². The zero-order valence-corrected chi connectivity index (χ0v) is 11.4. The molecule has 1 nitrogen and oxygen atoms in total. The van der Waals surface area contributed by atoms with E-state index in [9.17, 15) is 4.79 Å². The van der Waals surface area contributed by atoms with E-state index in [-0.39, 0.29) is 0 Å². The number of rotatable bonds is 0. The minimum Gasteiger partial charge on any atom is -0.300 e.